The van der Waals surface area contributed by atoms with Crippen molar-refractivity contribution in [2.45, 2.75) is 45.8 Å². The summed E-state index contributed by atoms with van der Waals surface area (Å²) in [6, 6.07) is -0.332. The Balaban J connectivity index is 1.90. The number of amides is 2. The van der Waals surface area contributed by atoms with Crippen LogP contribution < -0.4 is 10.6 Å². The van der Waals surface area contributed by atoms with Crippen LogP contribution in [0.5, 0.6) is 0 Å². The molecule has 1 atom stereocenters. The lowest BCUT2D eigenvalue weighted by atomic mass is 10.1. The average Bonchev–Trinajstić information content (AvgIpc) is 2.74. The maximum Gasteiger partial charge on any atom is 0.243 e. The lowest BCUT2D eigenvalue weighted by molar-refractivity contribution is -0.134. The van der Waals surface area contributed by atoms with Crippen molar-refractivity contribution >= 4 is 11.8 Å². The molecule has 1 saturated heterocycles. The first-order chi connectivity index (χ1) is 9.06. The minimum atomic E-state index is -0.332. The summed E-state index contributed by atoms with van der Waals surface area (Å²) in [6.07, 6.45) is 2.43. The summed E-state index contributed by atoms with van der Waals surface area (Å²) in [5.41, 5.74) is 0. The van der Waals surface area contributed by atoms with E-state index in [0.29, 0.717) is 25.3 Å². The Morgan fingerprint density at radius 3 is 3.00 bits per heavy atom. The van der Waals surface area contributed by atoms with E-state index < -0.39 is 0 Å². The lowest BCUT2D eigenvalue weighted by Gasteiger charge is -2.21. The van der Waals surface area contributed by atoms with Crippen LogP contribution in [0.4, 0.5) is 0 Å². The zero-order chi connectivity index (χ0) is 13.8. The average molecular weight is 265 g/mol. The van der Waals surface area contributed by atoms with Crippen LogP contribution in [0, 0.1) is 5.92 Å². The van der Waals surface area contributed by atoms with Crippen LogP contribution >= 0.6 is 0 Å². The zero-order valence-electron chi connectivity index (χ0n) is 11.2. The summed E-state index contributed by atoms with van der Waals surface area (Å²) < 4.78 is 1.84. The highest BCUT2D eigenvalue weighted by Gasteiger charge is 2.26. The second-order valence-corrected chi connectivity index (χ2v) is 5.14. The van der Waals surface area contributed by atoms with Gasteiger partial charge in [0.15, 0.2) is 0 Å². The molecule has 0 saturated carbocycles. The van der Waals surface area contributed by atoms with E-state index in [1.807, 2.05) is 4.68 Å². The molecule has 1 fully saturated rings. The van der Waals surface area contributed by atoms with Gasteiger partial charge in [-0.05, 0) is 12.3 Å². The van der Waals surface area contributed by atoms with E-state index in [0.717, 1.165) is 12.4 Å². The van der Waals surface area contributed by atoms with E-state index in [9.17, 15) is 9.59 Å². The van der Waals surface area contributed by atoms with Gasteiger partial charge < -0.3 is 0 Å². The fraction of sp³-hybridized carbons (Fsp3) is 0.667. The molecule has 1 aliphatic rings. The Labute approximate surface area is 111 Å². The van der Waals surface area contributed by atoms with Gasteiger partial charge in [0.25, 0.3) is 0 Å². The largest absolute Gasteiger partial charge is 0.299 e. The van der Waals surface area contributed by atoms with Gasteiger partial charge in [-0.15, -0.1) is 0 Å². The lowest BCUT2D eigenvalue weighted by Crippen LogP contribution is -2.50. The van der Waals surface area contributed by atoms with E-state index >= 15 is 0 Å². The molecule has 7 heteroatoms. The molecule has 1 aromatic rings. The van der Waals surface area contributed by atoms with Crippen molar-refractivity contribution in [1.29, 1.82) is 0 Å². The van der Waals surface area contributed by atoms with Crippen molar-refractivity contribution < 1.29 is 9.59 Å². The standard InChI is InChI=1S/C12H19N5O2/c1-8(2)6-17-10(14-7-15-17)5-13-9-3-4-11(18)16-12(9)19/h7-9,13H,3-6H2,1-2H3,(H,16,18,19). The number of rotatable bonds is 5. The molecule has 104 valence electrons. The van der Waals surface area contributed by atoms with Crippen LogP contribution in [-0.4, -0.2) is 32.6 Å². The molecule has 2 heterocycles. The minimum absolute atomic E-state index is 0.203. The topological polar surface area (TPSA) is 88.9 Å². The minimum Gasteiger partial charge on any atom is -0.299 e. The van der Waals surface area contributed by atoms with Gasteiger partial charge in [-0.25, -0.2) is 9.67 Å². The molecule has 0 aromatic carbocycles. The van der Waals surface area contributed by atoms with Crippen LogP contribution in [0.15, 0.2) is 6.33 Å². The summed E-state index contributed by atoms with van der Waals surface area (Å²) >= 11 is 0. The highest BCUT2D eigenvalue weighted by atomic mass is 16.2. The summed E-state index contributed by atoms with van der Waals surface area (Å²) in [7, 11) is 0. The first-order valence-electron chi connectivity index (χ1n) is 6.50. The summed E-state index contributed by atoms with van der Waals surface area (Å²) in [5, 5.41) is 9.61. The van der Waals surface area contributed by atoms with Gasteiger partial charge in [0.2, 0.25) is 11.8 Å². The fourth-order valence-electron chi connectivity index (χ4n) is 2.03. The van der Waals surface area contributed by atoms with Crippen LogP contribution in [0.25, 0.3) is 0 Å². The molecule has 0 bridgehead atoms. The van der Waals surface area contributed by atoms with E-state index in [1.54, 1.807) is 0 Å². The number of hydrogen-bond donors (Lipinski definition) is 2. The Morgan fingerprint density at radius 2 is 2.32 bits per heavy atom. The molecule has 1 aliphatic heterocycles. The molecule has 1 aromatic heterocycles. The molecule has 2 rings (SSSR count). The van der Waals surface area contributed by atoms with E-state index in [1.165, 1.54) is 6.33 Å². The van der Waals surface area contributed by atoms with Gasteiger partial charge in [0.1, 0.15) is 12.2 Å². The van der Waals surface area contributed by atoms with Gasteiger partial charge in [-0.2, -0.15) is 5.10 Å². The first kappa shape index (κ1) is 13.7. The van der Waals surface area contributed by atoms with Crippen molar-refractivity contribution in [1.82, 2.24) is 25.4 Å². The number of piperidine rings is 1. The van der Waals surface area contributed by atoms with Crippen molar-refractivity contribution in [3.8, 4) is 0 Å². The number of carbonyl (C=O) groups is 2. The van der Waals surface area contributed by atoms with Crippen LogP contribution in [0.1, 0.15) is 32.5 Å². The van der Waals surface area contributed by atoms with Crippen LogP contribution in [-0.2, 0) is 22.7 Å². The van der Waals surface area contributed by atoms with Crippen LogP contribution in [0.2, 0.25) is 0 Å². The van der Waals surface area contributed by atoms with Gasteiger partial charge in [-0.3, -0.25) is 20.2 Å². The van der Waals surface area contributed by atoms with Crippen molar-refractivity contribution in [2.24, 2.45) is 5.92 Å². The normalized spacial score (nSPS) is 19.8. The second kappa shape index (κ2) is 5.92. The number of aromatic nitrogens is 3. The molecule has 2 amide bonds. The van der Waals surface area contributed by atoms with Crippen molar-refractivity contribution in [3.63, 3.8) is 0 Å². The third kappa shape index (κ3) is 3.60. The smallest absolute Gasteiger partial charge is 0.243 e. The predicted molar refractivity (Wildman–Crippen MR) is 67.9 cm³/mol. The zero-order valence-corrected chi connectivity index (χ0v) is 11.2. The number of nitrogens with zero attached hydrogens (tertiary/aromatic N) is 3. The van der Waals surface area contributed by atoms with Crippen molar-refractivity contribution in [2.75, 3.05) is 0 Å². The Bertz CT molecular complexity index is 468. The quantitative estimate of drug-likeness (QED) is 0.721. The third-order valence-electron chi connectivity index (χ3n) is 2.98. The van der Waals surface area contributed by atoms with Gasteiger partial charge in [0, 0.05) is 13.0 Å². The summed E-state index contributed by atoms with van der Waals surface area (Å²) in [6.45, 7) is 5.49. The highest BCUT2D eigenvalue weighted by molar-refractivity contribution is 6.00. The van der Waals surface area contributed by atoms with Gasteiger partial charge in [0.05, 0.1) is 12.6 Å². The molecule has 0 radical (unpaired) electrons. The predicted octanol–water partition coefficient (Wildman–Crippen LogP) is -0.171. The maximum atomic E-state index is 11.6. The number of carbonyl (C=O) groups excluding carboxylic acids is 2. The number of nitrogens with one attached hydrogen (secondary N) is 2. The van der Waals surface area contributed by atoms with E-state index in [2.05, 4.69) is 34.6 Å². The molecular formula is C12H19N5O2. The molecule has 0 aliphatic carbocycles. The van der Waals surface area contributed by atoms with Crippen LogP contribution in [0.3, 0.4) is 0 Å². The van der Waals surface area contributed by atoms with E-state index in [4.69, 9.17) is 0 Å². The Hall–Kier alpha value is -1.76. The Kier molecular flexibility index (Phi) is 4.26. The first-order valence-corrected chi connectivity index (χ1v) is 6.50. The highest BCUT2D eigenvalue weighted by Crippen LogP contribution is 2.06. The Morgan fingerprint density at radius 1 is 1.53 bits per heavy atom. The number of imide groups is 1. The summed E-state index contributed by atoms with van der Waals surface area (Å²) in [4.78, 5) is 26.8. The molecular weight excluding hydrogens is 246 g/mol. The third-order valence-corrected chi connectivity index (χ3v) is 2.98. The molecule has 0 spiro atoms. The molecule has 19 heavy (non-hydrogen) atoms. The summed E-state index contributed by atoms with van der Waals surface area (Å²) in [5.74, 6) is 0.826. The van der Waals surface area contributed by atoms with Crippen molar-refractivity contribution in [3.05, 3.63) is 12.2 Å². The SMILES string of the molecule is CC(C)Cn1ncnc1CNC1CCC(=O)NC1=O. The van der Waals surface area contributed by atoms with Gasteiger partial charge in [-0.1, -0.05) is 13.8 Å². The fourth-order valence-corrected chi connectivity index (χ4v) is 2.03. The molecule has 7 nitrogen and oxygen atoms in total. The monoisotopic (exact) mass is 265 g/mol. The maximum absolute atomic E-state index is 11.6. The molecule has 1 unspecified atom stereocenters. The number of hydrogen-bond acceptors (Lipinski definition) is 5. The molecule has 2 N–H and O–H groups in total. The van der Waals surface area contributed by atoms with E-state index in [-0.39, 0.29) is 17.9 Å². The second-order valence-electron chi connectivity index (χ2n) is 5.14. The van der Waals surface area contributed by atoms with Gasteiger partial charge >= 0.3 is 0 Å².